The number of thiazole rings is 1. The minimum absolute atomic E-state index is 0.436. The third kappa shape index (κ3) is 3.87. The topological polar surface area (TPSA) is 96.8 Å². The summed E-state index contributed by atoms with van der Waals surface area (Å²) in [6.45, 7) is 3.93. The summed E-state index contributed by atoms with van der Waals surface area (Å²) in [5.41, 5.74) is 8.91. The molecule has 2 amide bonds. The Bertz CT molecular complexity index is 1220. The Kier molecular flexibility index (Phi) is 5.08. The number of aryl methyl sites for hydroxylation is 3. The number of carbonyl (C=O) groups excluding carboxylic acids is 1. The summed E-state index contributed by atoms with van der Waals surface area (Å²) in [5.74, 6) is 0.953. The van der Waals surface area contributed by atoms with Gasteiger partial charge in [0.2, 0.25) is 0 Å². The first kappa shape index (κ1) is 19.2. The largest absolute Gasteiger partial charge is 0.339 e. The number of aromatic nitrogens is 4. The number of urea groups is 1. The standard InChI is InChI=1S/C19H18ClN7OS/c1-10-8-14(21-17-16(10)11(2)26-27(17)3)24-25-19(28)23-15-9-29-18(22-15)12-6-4-5-7-13(12)20/h4-9H,1-3H3,(H,21,24)(H2,23,25,28). The predicted octanol–water partition coefficient (Wildman–Crippen LogP) is 4.51. The van der Waals surface area contributed by atoms with Gasteiger partial charge in [0.1, 0.15) is 16.6 Å². The molecule has 4 rings (SSSR count). The lowest BCUT2D eigenvalue weighted by Crippen LogP contribution is -2.34. The second kappa shape index (κ2) is 7.69. The number of benzene rings is 1. The third-order valence-corrected chi connectivity index (χ3v) is 5.53. The van der Waals surface area contributed by atoms with Gasteiger partial charge in [0, 0.05) is 23.4 Å². The van der Waals surface area contributed by atoms with Crippen LogP contribution < -0.4 is 16.2 Å². The molecule has 0 saturated heterocycles. The molecule has 0 fully saturated rings. The lowest BCUT2D eigenvalue weighted by Gasteiger charge is -2.09. The number of anilines is 2. The van der Waals surface area contributed by atoms with Crippen LogP contribution in [0.2, 0.25) is 5.02 Å². The first-order valence-electron chi connectivity index (χ1n) is 8.77. The van der Waals surface area contributed by atoms with Crippen molar-refractivity contribution in [3.05, 3.63) is 52.0 Å². The molecule has 148 valence electrons. The van der Waals surface area contributed by atoms with Gasteiger partial charge in [0.05, 0.1) is 10.7 Å². The third-order valence-electron chi connectivity index (χ3n) is 4.32. The highest BCUT2D eigenvalue weighted by Crippen LogP contribution is 2.31. The number of nitrogens with one attached hydrogen (secondary N) is 3. The normalized spacial score (nSPS) is 10.9. The molecule has 0 aliphatic rings. The van der Waals surface area contributed by atoms with Crippen LogP contribution in [0.15, 0.2) is 35.7 Å². The van der Waals surface area contributed by atoms with E-state index in [1.807, 2.05) is 45.2 Å². The highest BCUT2D eigenvalue weighted by Gasteiger charge is 2.12. The molecule has 29 heavy (non-hydrogen) atoms. The van der Waals surface area contributed by atoms with E-state index in [1.54, 1.807) is 16.1 Å². The first-order valence-corrected chi connectivity index (χ1v) is 10.0. The van der Waals surface area contributed by atoms with Crippen molar-refractivity contribution < 1.29 is 4.79 Å². The van der Waals surface area contributed by atoms with Crippen LogP contribution in [0.25, 0.3) is 21.6 Å². The van der Waals surface area contributed by atoms with Gasteiger partial charge >= 0.3 is 6.03 Å². The van der Waals surface area contributed by atoms with E-state index < -0.39 is 6.03 Å². The van der Waals surface area contributed by atoms with Gasteiger partial charge in [-0.15, -0.1) is 11.3 Å². The van der Waals surface area contributed by atoms with E-state index in [9.17, 15) is 4.79 Å². The van der Waals surface area contributed by atoms with Crippen LogP contribution in [0, 0.1) is 13.8 Å². The molecule has 10 heteroatoms. The zero-order chi connectivity index (χ0) is 20.5. The average molecular weight is 428 g/mol. The van der Waals surface area contributed by atoms with Gasteiger partial charge in [-0.2, -0.15) is 5.10 Å². The molecule has 3 aromatic heterocycles. The fourth-order valence-corrected chi connectivity index (χ4v) is 4.15. The van der Waals surface area contributed by atoms with E-state index in [0.717, 1.165) is 32.9 Å². The van der Waals surface area contributed by atoms with E-state index in [2.05, 4.69) is 31.2 Å². The smallest absolute Gasteiger partial charge is 0.290 e. The van der Waals surface area contributed by atoms with Crippen molar-refractivity contribution in [1.82, 2.24) is 25.2 Å². The summed E-state index contributed by atoms with van der Waals surface area (Å²) in [4.78, 5) is 21.1. The maximum Gasteiger partial charge on any atom is 0.339 e. The predicted molar refractivity (Wildman–Crippen MR) is 116 cm³/mol. The summed E-state index contributed by atoms with van der Waals surface area (Å²) in [6, 6.07) is 8.84. The molecule has 8 nitrogen and oxygen atoms in total. The second-order valence-corrected chi connectivity index (χ2v) is 7.72. The lowest BCUT2D eigenvalue weighted by molar-refractivity contribution is 0.253. The van der Waals surface area contributed by atoms with E-state index >= 15 is 0 Å². The van der Waals surface area contributed by atoms with Gasteiger partial charge in [0.25, 0.3) is 0 Å². The number of nitrogens with zero attached hydrogens (tertiary/aromatic N) is 4. The lowest BCUT2D eigenvalue weighted by atomic mass is 10.1. The fraction of sp³-hybridized carbons (Fsp3) is 0.158. The van der Waals surface area contributed by atoms with E-state index in [0.29, 0.717) is 16.7 Å². The molecular formula is C19H18ClN7OS. The van der Waals surface area contributed by atoms with Crippen molar-refractivity contribution in [3.63, 3.8) is 0 Å². The molecule has 4 aromatic rings. The molecule has 0 aliphatic heterocycles. The Hall–Kier alpha value is -3.17. The average Bonchev–Trinajstić information content (AvgIpc) is 3.25. The summed E-state index contributed by atoms with van der Waals surface area (Å²) >= 11 is 7.60. The summed E-state index contributed by atoms with van der Waals surface area (Å²) in [7, 11) is 1.84. The van der Waals surface area contributed by atoms with Gasteiger partial charge in [-0.05, 0) is 31.5 Å². The number of fused-ring (bicyclic) bond motifs is 1. The van der Waals surface area contributed by atoms with E-state index in [4.69, 9.17) is 11.6 Å². The van der Waals surface area contributed by atoms with Crippen LogP contribution >= 0.6 is 22.9 Å². The molecule has 1 aromatic carbocycles. The van der Waals surface area contributed by atoms with E-state index in [-0.39, 0.29) is 0 Å². The zero-order valence-electron chi connectivity index (χ0n) is 15.9. The van der Waals surface area contributed by atoms with Gasteiger partial charge in [-0.3, -0.25) is 15.4 Å². The van der Waals surface area contributed by atoms with Gasteiger partial charge < -0.3 is 0 Å². The van der Waals surface area contributed by atoms with Gasteiger partial charge in [0.15, 0.2) is 5.65 Å². The maximum atomic E-state index is 12.2. The number of amides is 2. The summed E-state index contributed by atoms with van der Waals surface area (Å²) in [5, 5.41) is 11.2. The quantitative estimate of drug-likeness (QED) is 0.416. The summed E-state index contributed by atoms with van der Waals surface area (Å²) in [6.07, 6.45) is 0. The number of rotatable bonds is 4. The van der Waals surface area contributed by atoms with Crippen LogP contribution in [-0.2, 0) is 7.05 Å². The molecule has 0 bridgehead atoms. The van der Waals surface area contributed by atoms with Crippen LogP contribution in [0.3, 0.4) is 0 Å². The SMILES string of the molecule is Cc1cc(NNC(=O)Nc2csc(-c3ccccc3Cl)n2)nc2c1c(C)nn2C. The first-order chi connectivity index (χ1) is 13.9. The van der Waals surface area contributed by atoms with Crippen molar-refractivity contribution >= 4 is 51.6 Å². The number of halogens is 1. The minimum Gasteiger partial charge on any atom is -0.290 e. The van der Waals surface area contributed by atoms with Crippen LogP contribution in [0.5, 0.6) is 0 Å². The minimum atomic E-state index is -0.457. The molecule has 0 atom stereocenters. The number of hydrogen-bond acceptors (Lipinski definition) is 6. The molecule has 0 saturated carbocycles. The van der Waals surface area contributed by atoms with Crippen LogP contribution in [0.4, 0.5) is 16.4 Å². The van der Waals surface area contributed by atoms with Crippen molar-refractivity contribution in [1.29, 1.82) is 0 Å². The van der Waals surface area contributed by atoms with Crippen molar-refractivity contribution in [3.8, 4) is 10.6 Å². The zero-order valence-corrected chi connectivity index (χ0v) is 17.5. The Labute approximate surface area is 175 Å². The molecule has 0 aliphatic carbocycles. The van der Waals surface area contributed by atoms with Crippen molar-refractivity contribution in [2.24, 2.45) is 7.05 Å². The van der Waals surface area contributed by atoms with Crippen molar-refractivity contribution in [2.45, 2.75) is 13.8 Å². The van der Waals surface area contributed by atoms with Crippen LogP contribution in [0.1, 0.15) is 11.3 Å². The number of pyridine rings is 1. The Balaban J connectivity index is 1.43. The number of hydrogen-bond donors (Lipinski definition) is 3. The highest BCUT2D eigenvalue weighted by molar-refractivity contribution is 7.13. The maximum absolute atomic E-state index is 12.2. The highest BCUT2D eigenvalue weighted by atomic mass is 35.5. The number of hydrazine groups is 1. The molecule has 0 spiro atoms. The second-order valence-electron chi connectivity index (χ2n) is 6.45. The monoisotopic (exact) mass is 427 g/mol. The van der Waals surface area contributed by atoms with Crippen LogP contribution in [-0.4, -0.2) is 25.8 Å². The van der Waals surface area contributed by atoms with Gasteiger partial charge in [-0.25, -0.2) is 20.2 Å². The molecular weight excluding hydrogens is 410 g/mol. The Morgan fingerprint density at radius 1 is 1.17 bits per heavy atom. The van der Waals surface area contributed by atoms with Gasteiger partial charge in [-0.1, -0.05) is 29.8 Å². The fourth-order valence-electron chi connectivity index (χ4n) is 3.08. The Morgan fingerprint density at radius 3 is 2.76 bits per heavy atom. The Morgan fingerprint density at radius 2 is 1.97 bits per heavy atom. The van der Waals surface area contributed by atoms with Crippen molar-refractivity contribution in [2.75, 3.05) is 10.7 Å². The summed E-state index contributed by atoms with van der Waals surface area (Å²) < 4.78 is 1.72. The number of carbonyl (C=O) groups is 1. The van der Waals surface area contributed by atoms with E-state index in [1.165, 1.54) is 11.3 Å². The molecule has 3 heterocycles. The molecule has 0 unspecified atom stereocenters. The molecule has 0 radical (unpaired) electrons. The molecule has 3 N–H and O–H groups in total.